The molecule has 3 N–H and O–H groups in total. The lowest BCUT2D eigenvalue weighted by molar-refractivity contribution is -0.121. The van der Waals surface area contributed by atoms with Crippen LogP contribution in [0.25, 0.3) is 10.9 Å². The molecule has 0 aliphatic carbocycles. The Balaban J connectivity index is 1.47. The number of aromatic nitrogens is 4. The molecule has 0 radical (unpaired) electrons. The average Bonchev–Trinajstić information content (AvgIpc) is 3.22. The number of ether oxygens (including phenoxy) is 1. The molecule has 25 heavy (non-hydrogen) atoms. The van der Waals surface area contributed by atoms with Gasteiger partial charge in [0, 0.05) is 23.6 Å². The van der Waals surface area contributed by atoms with Crippen LogP contribution in [0.4, 0.5) is 10.6 Å². The van der Waals surface area contributed by atoms with Crippen LogP contribution in [0.15, 0.2) is 36.7 Å². The summed E-state index contributed by atoms with van der Waals surface area (Å²) in [6, 6.07) is 8.03. The lowest BCUT2D eigenvalue weighted by Crippen LogP contribution is -2.29. The van der Waals surface area contributed by atoms with Crippen LogP contribution in [0.5, 0.6) is 0 Å². The number of para-hydroxylation sites is 1. The zero-order chi connectivity index (χ0) is 17.6. The Kier molecular flexibility index (Phi) is 4.93. The Labute approximate surface area is 143 Å². The van der Waals surface area contributed by atoms with Crippen molar-refractivity contribution in [1.82, 2.24) is 25.3 Å². The number of hydrogen-bond acceptors (Lipinski definition) is 5. The molecule has 2 aromatic heterocycles. The van der Waals surface area contributed by atoms with Crippen LogP contribution in [0, 0.1) is 0 Å². The Bertz CT molecular complexity index is 885. The van der Waals surface area contributed by atoms with Crippen molar-refractivity contribution in [1.29, 1.82) is 0 Å². The molecule has 0 unspecified atom stereocenters. The Morgan fingerprint density at radius 1 is 1.32 bits per heavy atom. The molecule has 1 aromatic carbocycles. The maximum absolute atomic E-state index is 12.0. The first kappa shape index (κ1) is 16.5. The maximum atomic E-state index is 12.0. The highest BCUT2D eigenvalue weighted by molar-refractivity contribution is 5.83. The van der Waals surface area contributed by atoms with E-state index in [0.717, 1.165) is 22.9 Å². The van der Waals surface area contributed by atoms with Crippen LogP contribution in [-0.4, -0.2) is 45.6 Å². The number of fused-ring (bicyclic) bond motifs is 1. The smallest absolute Gasteiger partial charge is 0.412 e. The highest BCUT2D eigenvalue weighted by Crippen LogP contribution is 2.17. The molecule has 3 aromatic rings. The van der Waals surface area contributed by atoms with Crippen LogP contribution in [0.3, 0.4) is 0 Å². The third-order valence-electron chi connectivity index (χ3n) is 3.65. The van der Waals surface area contributed by atoms with Crippen molar-refractivity contribution < 1.29 is 14.3 Å². The number of anilines is 1. The van der Waals surface area contributed by atoms with E-state index in [4.69, 9.17) is 0 Å². The molecule has 0 bridgehead atoms. The van der Waals surface area contributed by atoms with Crippen LogP contribution in [0.2, 0.25) is 0 Å². The molecule has 0 saturated carbocycles. The van der Waals surface area contributed by atoms with Gasteiger partial charge in [0.1, 0.15) is 6.54 Å². The van der Waals surface area contributed by atoms with Gasteiger partial charge in [-0.2, -0.15) is 0 Å². The van der Waals surface area contributed by atoms with E-state index in [-0.39, 0.29) is 18.3 Å². The standard InChI is InChI=1S/C16H18N6O3/c1-25-16(24)19-14-9-22(21-20-14)10-15(23)17-7-6-11-8-18-13-5-3-2-4-12(11)13/h2-5,8-9,18H,6-7,10H2,1H3,(H,17,23)(H,19,24). The molecule has 0 spiro atoms. The number of carbonyl (C=O) groups is 2. The zero-order valence-electron chi connectivity index (χ0n) is 13.7. The molecule has 130 valence electrons. The lowest BCUT2D eigenvalue weighted by atomic mass is 10.1. The second kappa shape index (κ2) is 7.47. The van der Waals surface area contributed by atoms with E-state index in [0.29, 0.717) is 6.54 Å². The summed E-state index contributed by atoms with van der Waals surface area (Å²) in [6.45, 7) is 0.534. The summed E-state index contributed by atoms with van der Waals surface area (Å²) in [5, 5.41) is 13.9. The van der Waals surface area contributed by atoms with E-state index in [1.54, 1.807) is 0 Å². The van der Waals surface area contributed by atoms with Gasteiger partial charge < -0.3 is 15.0 Å². The monoisotopic (exact) mass is 342 g/mol. The van der Waals surface area contributed by atoms with Crippen LogP contribution >= 0.6 is 0 Å². The van der Waals surface area contributed by atoms with Gasteiger partial charge in [0.05, 0.1) is 13.3 Å². The fourth-order valence-corrected chi connectivity index (χ4v) is 2.47. The summed E-state index contributed by atoms with van der Waals surface area (Å²) in [6.07, 6.45) is 3.49. The predicted octanol–water partition coefficient (Wildman–Crippen LogP) is 1.30. The molecule has 0 aliphatic heterocycles. The van der Waals surface area contributed by atoms with Gasteiger partial charge in [0.25, 0.3) is 0 Å². The fraction of sp³-hybridized carbons (Fsp3) is 0.250. The van der Waals surface area contributed by atoms with Crippen molar-refractivity contribution in [2.24, 2.45) is 0 Å². The van der Waals surface area contributed by atoms with E-state index in [1.165, 1.54) is 18.0 Å². The largest absolute Gasteiger partial charge is 0.453 e. The molecule has 0 saturated heterocycles. The van der Waals surface area contributed by atoms with Gasteiger partial charge in [-0.25, -0.2) is 9.48 Å². The third-order valence-corrected chi connectivity index (χ3v) is 3.65. The highest BCUT2D eigenvalue weighted by Gasteiger charge is 2.09. The van der Waals surface area contributed by atoms with Crippen LogP contribution in [-0.2, 0) is 22.5 Å². The number of rotatable bonds is 6. The van der Waals surface area contributed by atoms with Crippen LogP contribution in [0.1, 0.15) is 5.56 Å². The van der Waals surface area contributed by atoms with Gasteiger partial charge in [-0.3, -0.25) is 10.1 Å². The predicted molar refractivity (Wildman–Crippen MR) is 91.1 cm³/mol. The Hall–Kier alpha value is -3.36. The number of H-pyrrole nitrogens is 1. The van der Waals surface area contributed by atoms with Gasteiger partial charge >= 0.3 is 6.09 Å². The van der Waals surface area contributed by atoms with E-state index in [2.05, 4.69) is 30.7 Å². The third kappa shape index (κ3) is 4.14. The molecule has 0 aliphatic rings. The number of benzene rings is 1. The number of hydrogen-bond donors (Lipinski definition) is 3. The first-order valence-corrected chi connectivity index (χ1v) is 7.72. The topological polar surface area (TPSA) is 114 Å². The minimum absolute atomic E-state index is 0.0176. The first-order valence-electron chi connectivity index (χ1n) is 7.72. The maximum Gasteiger partial charge on any atom is 0.412 e. The average molecular weight is 342 g/mol. The SMILES string of the molecule is COC(=O)Nc1cn(CC(=O)NCCc2c[nH]c3ccccc23)nn1. The summed E-state index contributed by atoms with van der Waals surface area (Å²) in [5.74, 6) is 0.0350. The van der Waals surface area contributed by atoms with Crippen molar-refractivity contribution in [3.63, 3.8) is 0 Å². The molecule has 3 rings (SSSR count). The summed E-state index contributed by atoms with van der Waals surface area (Å²) < 4.78 is 5.79. The second-order valence-corrected chi connectivity index (χ2v) is 5.38. The van der Waals surface area contributed by atoms with Crippen molar-refractivity contribution in [3.8, 4) is 0 Å². The normalized spacial score (nSPS) is 10.6. The molecule has 2 heterocycles. The quantitative estimate of drug-likeness (QED) is 0.625. The Morgan fingerprint density at radius 3 is 3.00 bits per heavy atom. The van der Waals surface area contributed by atoms with Crippen molar-refractivity contribution in [2.75, 3.05) is 19.0 Å². The highest BCUT2D eigenvalue weighted by atomic mass is 16.5. The number of methoxy groups -OCH3 is 1. The van der Waals surface area contributed by atoms with Crippen molar-refractivity contribution in [3.05, 3.63) is 42.2 Å². The van der Waals surface area contributed by atoms with E-state index in [1.807, 2.05) is 30.5 Å². The molecular weight excluding hydrogens is 324 g/mol. The van der Waals surface area contributed by atoms with Gasteiger partial charge in [-0.15, -0.1) is 5.10 Å². The number of carbonyl (C=O) groups excluding carboxylic acids is 2. The van der Waals surface area contributed by atoms with Gasteiger partial charge in [0.15, 0.2) is 5.82 Å². The molecular formula is C16H18N6O3. The minimum Gasteiger partial charge on any atom is -0.453 e. The molecule has 0 atom stereocenters. The number of aromatic amines is 1. The summed E-state index contributed by atoms with van der Waals surface area (Å²) in [4.78, 5) is 26.2. The van der Waals surface area contributed by atoms with Gasteiger partial charge in [-0.05, 0) is 18.1 Å². The van der Waals surface area contributed by atoms with Crippen molar-refractivity contribution >= 4 is 28.7 Å². The zero-order valence-corrected chi connectivity index (χ0v) is 13.7. The van der Waals surface area contributed by atoms with E-state index in [9.17, 15) is 9.59 Å². The summed E-state index contributed by atoms with van der Waals surface area (Å²) in [5.41, 5.74) is 2.23. The van der Waals surface area contributed by atoms with E-state index < -0.39 is 6.09 Å². The number of nitrogens with zero attached hydrogens (tertiary/aromatic N) is 3. The lowest BCUT2D eigenvalue weighted by Gasteiger charge is -2.04. The first-order chi connectivity index (χ1) is 12.2. The molecule has 2 amide bonds. The second-order valence-electron chi connectivity index (χ2n) is 5.38. The van der Waals surface area contributed by atoms with Gasteiger partial charge in [0.2, 0.25) is 5.91 Å². The number of amides is 2. The van der Waals surface area contributed by atoms with Crippen molar-refractivity contribution in [2.45, 2.75) is 13.0 Å². The molecule has 9 nitrogen and oxygen atoms in total. The van der Waals surface area contributed by atoms with E-state index >= 15 is 0 Å². The molecule has 9 heteroatoms. The summed E-state index contributed by atoms with van der Waals surface area (Å²) in [7, 11) is 1.25. The summed E-state index contributed by atoms with van der Waals surface area (Å²) >= 11 is 0. The minimum atomic E-state index is -0.643. The van der Waals surface area contributed by atoms with Gasteiger partial charge in [-0.1, -0.05) is 23.4 Å². The van der Waals surface area contributed by atoms with Crippen LogP contribution < -0.4 is 10.6 Å². The molecule has 0 fully saturated rings. The Morgan fingerprint density at radius 2 is 2.16 bits per heavy atom. The fourth-order valence-electron chi connectivity index (χ4n) is 2.47. The number of nitrogens with one attached hydrogen (secondary N) is 3.